The van der Waals surface area contributed by atoms with Crippen LogP contribution in [-0.2, 0) is 9.53 Å². The lowest BCUT2D eigenvalue weighted by Gasteiger charge is -2.33. The average molecular weight is 442 g/mol. The van der Waals surface area contributed by atoms with Crippen LogP contribution in [0.15, 0.2) is 36.4 Å². The third kappa shape index (κ3) is 5.28. The van der Waals surface area contributed by atoms with Crippen LogP contribution in [0, 0.1) is 0 Å². The number of carbonyl (C=O) groups is 2. The summed E-state index contributed by atoms with van der Waals surface area (Å²) in [5.41, 5.74) is 2.24. The number of likely N-dealkylation sites (tertiary alicyclic amines) is 1. The first kappa shape index (κ1) is 21.8. The van der Waals surface area contributed by atoms with Gasteiger partial charge in [-0.1, -0.05) is 37.3 Å². The summed E-state index contributed by atoms with van der Waals surface area (Å²) in [5, 5.41) is 4.24. The molecule has 0 aliphatic carbocycles. The number of thiophene rings is 1. The van der Waals surface area contributed by atoms with Crippen LogP contribution in [0.1, 0.15) is 42.3 Å². The van der Waals surface area contributed by atoms with Crippen LogP contribution in [-0.4, -0.2) is 62.1 Å². The number of hydrogen-bond donors (Lipinski definition) is 1. The number of ether oxygens (including phenoxy) is 1. The second kappa shape index (κ2) is 10.3. The highest BCUT2D eigenvalue weighted by Gasteiger charge is 2.28. The lowest BCUT2D eigenvalue weighted by Crippen LogP contribution is -2.49. The van der Waals surface area contributed by atoms with E-state index in [1.54, 1.807) is 11.3 Å². The second-order valence-electron chi connectivity index (χ2n) is 8.20. The molecule has 2 amide bonds. The monoisotopic (exact) mass is 441 g/mol. The molecular formula is C24H31N3O3S. The molecule has 1 N–H and O–H groups in total. The van der Waals surface area contributed by atoms with E-state index >= 15 is 0 Å². The summed E-state index contributed by atoms with van der Waals surface area (Å²) < 4.78 is 5.53. The number of carbonyl (C=O) groups excluding carboxylic acids is 2. The zero-order valence-electron chi connectivity index (χ0n) is 18.1. The Labute approximate surface area is 188 Å². The number of rotatable bonds is 6. The SMILES string of the molecule is CCCC(=O)NC1CCCN(C(=O)c2cc(-c3ccccc3)c(N3CCOCC3)s2)C1. The first-order valence-electron chi connectivity index (χ1n) is 11.3. The Hall–Kier alpha value is -2.38. The first-order valence-corrected chi connectivity index (χ1v) is 12.1. The van der Waals surface area contributed by atoms with Gasteiger partial charge in [0.25, 0.3) is 5.91 Å². The molecule has 7 heteroatoms. The Bertz CT molecular complexity index is 893. The van der Waals surface area contributed by atoms with E-state index < -0.39 is 0 Å². The van der Waals surface area contributed by atoms with E-state index in [0.717, 1.165) is 59.9 Å². The molecular weight excluding hydrogens is 410 g/mol. The van der Waals surface area contributed by atoms with E-state index in [1.807, 2.05) is 36.1 Å². The largest absolute Gasteiger partial charge is 0.378 e. The van der Waals surface area contributed by atoms with Gasteiger partial charge in [0.2, 0.25) is 5.91 Å². The van der Waals surface area contributed by atoms with Crippen LogP contribution in [0.3, 0.4) is 0 Å². The normalized spacial score (nSPS) is 19.3. The van der Waals surface area contributed by atoms with Gasteiger partial charge in [-0.2, -0.15) is 0 Å². The third-order valence-corrected chi connectivity index (χ3v) is 7.04. The average Bonchev–Trinajstić information content (AvgIpc) is 3.26. The number of nitrogens with zero attached hydrogens (tertiary/aromatic N) is 2. The quantitative estimate of drug-likeness (QED) is 0.741. The van der Waals surface area contributed by atoms with E-state index in [1.165, 1.54) is 0 Å². The van der Waals surface area contributed by atoms with Gasteiger partial charge in [-0.25, -0.2) is 0 Å². The maximum atomic E-state index is 13.4. The molecule has 31 heavy (non-hydrogen) atoms. The maximum absolute atomic E-state index is 13.4. The van der Waals surface area contributed by atoms with E-state index in [9.17, 15) is 9.59 Å². The van der Waals surface area contributed by atoms with Crippen molar-refractivity contribution in [2.45, 2.75) is 38.6 Å². The molecule has 2 aliphatic rings. The summed E-state index contributed by atoms with van der Waals surface area (Å²) in [4.78, 5) is 30.4. The number of amides is 2. The molecule has 1 atom stereocenters. The van der Waals surface area contributed by atoms with Crippen molar-refractivity contribution < 1.29 is 14.3 Å². The van der Waals surface area contributed by atoms with Crippen molar-refractivity contribution in [2.75, 3.05) is 44.3 Å². The number of piperidine rings is 1. The number of benzene rings is 1. The fraction of sp³-hybridized carbons (Fsp3) is 0.500. The standard InChI is InChI=1S/C24H31N3O3S/c1-2-7-22(28)25-19-10-6-11-27(17-19)23(29)21-16-20(18-8-4-3-5-9-18)24(31-21)26-12-14-30-15-13-26/h3-5,8-9,16,19H,2,6-7,10-15,17H2,1H3,(H,25,28). The number of nitrogens with one attached hydrogen (secondary N) is 1. The number of hydrogen-bond acceptors (Lipinski definition) is 5. The lowest BCUT2D eigenvalue weighted by molar-refractivity contribution is -0.122. The highest BCUT2D eigenvalue weighted by atomic mass is 32.1. The molecule has 4 rings (SSSR count). The van der Waals surface area contributed by atoms with Crippen LogP contribution >= 0.6 is 11.3 Å². The fourth-order valence-electron chi connectivity index (χ4n) is 4.27. The van der Waals surface area contributed by atoms with Crippen LogP contribution in [0.2, 0.25) is 0 Å². The summed E-state index contributed by atoms with van der Waals surface area (Å²) in [7, 11) is 0. The minimum Gasteiger partial charge on any atom is -0.378 e. The van der Waals surface area contributed by atoms with Crippen LogP contribution < -0.4 is 10.2 Å². The summed E-state index contributed by atoms with van der Waals surface area (Å²) in [5.74, 6) is 0.148. The molecule has 0 spiro atoms. The molecule has 0 radical (unpaired) electrons. The lowest BCUT2D eigenvalue weighted by atomic mass is 10.0. The van der Waals surface area contributed by atoms with Gasteiger partial charge in [0, 0.05) is 44.2 Å². The molecule has 0 saturated carbocycles. The first-order chi connectivity index (χ1) is 15.2. The third-order valence-electron chi connectivity index (χ3n) is 5.86. The summed E-state index contributed by atoms with van der Waals surface area (Å²) >= 11 is 1.58. The predicted molar refractivity (Wildman–Crippen MR) is 125 cm³/mol. The van der Waals surface area contributed by atoms with Gasteiger partial charge < -0.3 is 19.9 Å². The molecule has 2 aromatic rings. The summed E-state index contributed by atoms with van der Waals surface area (Å²) in [6, 6.07) is 12.4. The highest BCUT2D eigenvalue weighted by molar-refractivity contribution is 7.18. The second-order valence-corrected chi connectivity index (χ2v) is 9.23. The van der Waals surface area contributed by atoms with Crippen molar-refractivity contribution in [3.8, 4) is 11.1 Å². The Balaban J connectivity index is 1.55. The van der Waals surface area contributed by atoms with Crippen molar-refractivity contribution in [1.82, 2.24) is 10.2 Å². The number of morpholine rings is 1. The van der Waals surface area contributed by atoms with Gasteiger partial charge in [0.05, 0.1) is 23.1 Å². The van der Waals surface area contributed by atoms with E-state index in [4.69, 9.17) is 4.74 Å². The molecule has 3 heterocycles. The van der Waals surface area contributed by atoms with Crippen molar-refractivity contribution in [2.24, 2.45) is 0 Å². The van der Waals surface area contributed by atoms with Gasteiger partial charge in [0.15, 0.2) is 0 Å². The molecule has 2 fully saturated rings. The molecule has 6 nitrogen and oxygen atoms in total. The smallest absolute Gasteiger partial charge is 0.264 e. The van der Waals surface area contributed by atoms with Gasteiger partial charge in [-0.05, 0) is 30.9 Å². The summed E-state index contributed by atoms with van der Waals surface area (Å²) in [6.07, 6.45) is 3.22. The van der Waals surface area contributed by atoms with E-state index in [0.29, 0.717) is 26.2 Å². The topological polar surface area (TPSA) is 61.9 Å². The van der Waals surface area contributed by atoms with Crippen LogP contribution in [0.25, 0.3) is 11.1 Å². The molecule has 2 saturated heterocycles. The minimum absolute atomic E-state index is 0.0454. The van der Waals surface area contributed by atoms with Crippen molar-refractivity contribution in [3.63, 3.8) is 0 Å². The zero-order chi connectivity index (χ0) is 21.6. The van der Waals surface area contributed by atoms with Crippen LogP contribution in [0.5, 0.6) is 0 Å². The molecule has 1 aromatic carbocycles. The molecule has 2 aliphatic heterocycles. The van der Waals surface area contributed by atoms with E-state index in [-0.39, 0.29) is 17.9 Å². The Morgan fingerprint density at radius 3 is 2.68 bits per heavy atom. The van der Waals surface area contributed by atoms with Crippen molar-refractivity contribution >= 4 is 28.2 Å². The Morgan fingerprint density at radius 2 is 1.94 bits per heavy atom. The van der Waals surface area contributed by atoms with Gasteiger partial charge >= 0.3 is 0 Å². The Morgan fingerprint density at radius 1 is 1.16 bits per heavy atom. The zero-order valence-corrected chi connectivity index (χ0v) is 19.0. The molecule has 1 aromatic heterocycles. The van der Waals surface area contributed by atoms with Gasteiger partial charge in [-0.3, -0.25) is 9.59 Å². The molecule has 0 bridgehead atoms. The fourth-order valence-corrected chi connectivity index (χ4v) is 5.47. The molecule has 166 valence electrons. The molecule has 1 unspecified atom stereocenters. The van der Waals surface area contributed by atoms with Gasteiger partial charge in [-0.15, -0.1) is 11.3 Å². The van der Waals surface area contributed by atoms with E-state index in [2.05, 4.69) is 22.3 Å². The van der Waals surface area contributed by atoms with Gasteiger partial charge in [0.1, 0.15) is 0 Å². The maximum Gasteiger partial charge on any atom is 0.264 e. The van der Waals surface area contributed by atoms with Crippen molar-refractivity contribution in [1.29, 1.82) is 0 Å². The number of anilines is 1. The Kier molecular flexibility index (Phi) is 7.25. The minimum atomic E-state index is 0.0454. The summed E-state index contributed by atoms with van der Waals surface area (Å²) in [6.45, 7) is 6.42. The highest BCUT2D eigenvalue weighted by Crippen LogP contribution is 2.40. The van der Waals surface area contributed by atoms with Crippen LogP contribution in [0.4, 0.5) is 5.00 Å². The van der Waals surface area contributed by atoms with Crippen molar-refractivity contribution in [3.05, 3.63) is 41.3 Å². The predicted octanol–water partition coefficient (Wildman–Crippen LogP) is 3.77.